The van der Waals surface area contributed by atoms with Gasteiger partial charge in [-0.2, -0.15) is 0 Å². The molecule has 1 amide bonds. The molecule has 6 nitrogen and oxygen atoms in total. The van der Waals surface area contributed by atoms with Gasteiger partial charge in [-0.1, -0.05) is 19.9 Å². The largest absolute Gasteiger partial charge is 0.381 e. The number of nitrogens with one attached hydrogen (secondary N) is 1. The Bertz CT molecular complexity index is 842. The Hall–Kier alpha value is -1.99. The Morgan fingerprint density at radius 3 is 2.65 bits per heavy atom. The predicted molar refractivity (Wildman–Crippen MR) is 116 cm³/mol. The maximum Gasteiger partial charge on any atom is 0.237 e. The van der Waals surface area contributed by atoms with Crippen LogP contribution in [0.4, 0.5) is 4.39 Å². The lowest BCUT2D eigenvalue weighted by atomic mass is 9.59. The molecular weight excluding hydrogens is 397 g/mol. The van der Waals surface area contributed by atoms with Crippen LogP contribution >= 0.6 is 0 Å². The number of nitrogens with zero attached hydrogens (tertiary/aromatic N) is 1. The van der Waals surface area contributed by atoms with Gasteiger partial charge in [-0.05, 0) is 66.2 Å². The van der Waals surface area contributed by atoms with Gasteiger partial charge in [0.2, 0.25) is 5.91 Å². The van der Waals surface area contributed by atoms with Crippen molar-refractivity contribution in [3.8, 4) is 0 Å². The molecule has 1 aromatic rings. The van der Waals surface area contributed by atoms with Crippen LogP contribution in [0.25, 0.3) is 0 Å². The van der Waals surface area contributed by atoms with E-state index in [1.807, 2.05) is 6.07 Å². The van der Waals surface area contributed by atoms with E-state index >= 15 is 0 Å². The van der Waals surface area contributed by atoms with Crippen LogP contribution < -0.4 is 5.73 Å². The third kappa shape index (κ3) is 3.98. The van der Waals surface area contributed by atoms with Crippen LogP contribution in [0.15, 0.2) is 18.2 Å². The molecule has 1 saturated carbocycles. The number of methoxy groups -OCH3 is 1. The summed E-state index contributed by atoms with van der Waals surface area (Å²) in [5.41, 5.74) is 7.37. The second-order valence-corrected chi connectivity index (χ2v) is 9.94. The van der Waals surface area contributed by atoms with Gasteiger partial charge in [0.15, 0.2) is 5.96 Å². The van der Waals surface area contributed by atoms with E-state index in [9.17, 15) is 9.18 Å². The number of hydrogen-bond donors (Lipinski definition) is 2. The molecule has 1 aromatic carbocycles. The molecule has 3 unspecified atom stereocenters. The molecule has 1 heterocycles. The minimum Gasteiger partial charge on any atom is -0.381 e. The van der Waals surface area contributed by atoms with Crippen molar-refractivity contribution in [2.45, 2.75) is 51.6 Å². The number of carbonyl (C=O) groups excluding carboxylic acids is 1. The molecule has 1 aliphatic heterocycles. The van der Waals surface area contributed by atoms with Crippen LogP contribution in [0.1, 0.15) is 50.2 Å². The molecule has 31 heavy (non-hydrogen) atoms. The van der Waals surface area contributed by atoms with Gasteiger partial charge in [0.1, 0.15) is 5.82 Å². The SMILES string of the molecule is COC1[C@H](C)CC2(Cc3ccc(F)cc3[C@H]2C(=O)N(CC2CCOC2)C(=N)N)C[C@@H]1C. The van der Waals surface area contributed by atoms with Crippen molar-refractivity contribution in [2.24, 2.45) is 28.9 Å². The highest BCUT2D eigenvalue weighted by Gasteiger charge is 2.55. The van der Waals surface area contributed by atoms with Gasteiger partial charge in [0, 0.05) is 26.2 Å². The first-order valence-electron chi connectivity index (χ1n) is 11.3. The smallest absolute Gasteiger partial charge is 0.237 e. The monoisotopic (exact) mass is 431 g/mol. The summed E-state index contributed by atoms with van der Waals surface area (Å²) in [6.07, 6.45) is 3.37. The summed E-state index contributed by atoms with van der Waals surface area (Å²) in [5, 5.41) is 8.13. The van der Waals surface area contributed by atoms with Gasteiger partial charge in [-0.25, -0.2) is 4.39 Å². The third-order valence-corrected chi connectivity index (χ3v) is 7.69. The molecule has 3 aliphatic rings. The Kier molecular flexibility index (Phi) is 6.10. The summed E-state index contributed by atoms with van der Waals surface area (Å²) in [5.74, 6) is -0.553. The lowest BCUT2D eigenvalue weighted by molar-refractivity contribution is -0.136. The molecule has 2 fully saturated rings. The Morgan fingerprint density at radius 2 is 2.06 bits per heavy atom. The Labute approximate surface area is 183 Å². The molecule has 3 N–H and O–H groups in total. The number of nitrogens with two attached hydrogens (primary N) is 1. The molecule has 0 radical (unpaired) electrons. The number of amides is 1. The van der Waals surface area contributed by atoms with Crippen molar-refractivity contribution >= 4 is 11.9 Å². The number of halogens is 1. The Morgan fingerprint density at radius 1 is 1.35 bits per heavy atom. The van der Waals surface area contributed by atoms with Gasteiger partial charge in [0.25, 0.3) is 0 Å². The number of rotatable bonds is 4. The second-order valence-electron chi connectivity index (χ2n) is 9.94. The zero-order chi connectivity index (χ0) is 22.3. The van der Waals surface area contributed by atoms with E-state index in [1.165, 1.54) is 17.0 Å². The zero-order valence-corrected chi connectivity index (χ0v) is 18.7. The summed E-state index contributed by atoms with van der Waals surface area (Å²) >= 11 is 0. The number of fused-ring (bicyclic) bond motifs is 1. The molecule has 170 valence electrons. The summed E-state index contributed by atoms with van der Waals surface area (Å²) in [7, 11) is 1.75. The average molecular weight is 432 g/mol. The molecule has 2 aliphatic carbocycles. The highest BCUT2D eigenvalue weighted by Crippen LogP contribution is 2.58. The summed E-state index contributed by atoms with van der Waals surface area (Å²) in [4.78, 5) is 15.4. The van der Waals surface area contributed by atoms with Gasteiger partial charge >= 0.3 is 0 Å². The summed E-state index contributed by atoms with van der Waals surface area (Å²) in [6, 6.07) is 4.81. The van der Waals surface area contributed by atoms with E-state index in [2.05, 4.69) is 13.8 Å². The van der Waals surface area contributed by atoms with Crippen molar-refractivity contribution in [1.29, 1.82) is 5.41 Å². The van der Waals surface area contributed by atoms with E-state index in [1.54, 1.807) is 7.11 Å². The molecule has 6 atom stereocenters. The maximum atomic E-state index is 14.3. The number of benzene rings is 1. The van der Waals surface area contributed by atoms with Crippen LogP contribution in [-0.2, 0) is 20.7 Å². The zero-order valence-electron chi connectivity index (χ0n) is 18.7. The minimum atomic E-state index is -0.507. The number of ether oxygens (including phenoxy) is 2. The first-order valence-corrected chi connectivity index (χ1v) is 11.3. The lowest BCUT2D eigenvalue weighted by Gasteiger charge is -2.48. The summed E-state index contributed by atoms with van der Waals surface area (Å²) in [6.45, 7) is 5.96. The van der Waals surface area contributed by atoms with Crippen molar-refractivity contribution in [3.63, 3.8) is 0 Å². The quantitative estimate of drug-likeness (QED) is 0.566. The van der Waals surface area contributed by atoms with E-state index in [0.717, 1.165) is 36.8 Å². The van der Waals surface area contributed by atoms with Crippen LogP contribution in [0.3, 0.4) is 0 Å². The second kappa shape index (κ2) is 8.51. The molecule has 4 rings (SSSR count). The molecule has 0 aromatic heterocycles. The summed E-state index contributed by atoms with van der Waals surface area (Å²) < 4.78 is 25.5. The topological polar surface area (TPSA) is 88.6 Å². The molecular formula is C24H34FN3O3. The van der Waals surface area contributed by atoms with Gasteiger partial charge in [0.05, 0.1) is 18.6 Å². The first kappa shape index (κ1) is 22.2. The van der Waals surface area contributed by atoms with Crippen molar-refractivity contribution < 1.29 is 18.7 Å². The fourth-order valence-electron chi connectivity index (χ4n) is 6.65. The van der Waals surface area contributed by atoms with Crippen LogP contribution in [-0.4, -0.2) is 49.7 Å². The molecule has 7 heteroatoms. The van der Waals surface area contributed by atoms with Crippen molar-refractivity contribution in [3.05, 3.63) is 35.1 Å². The van der Waals surface area contributed by atoms with E-state index in [-0.39, 0.29) is 47.0 Å². The predicted octanol–water partition coefficient (Wildman–Crippen LogP) is 3.29. The molecule has 1 saturated heterocycles. The van der Waals surface area contributed by atoms with Crippen LogP contribution in [0, 0.1) is 34.4 Å². The van der Waals surface area contributed by atoms with Crippen molar-refractivity contribution in [2.75, 3.05) is 26.9 Å². The minimum absolute atomic E-state index is 0.140. The van der Waals surface area contributed by atoms with E-state index in [0.29, 0.717) is 19.8 Å². The van der Waals surface area contributed by atoms with Gasteiger partial charge < -0.3 is 15.2 Å². The lowest BCUT2D eigenvalue weighted by Crippen LogP contribution is -2.51. The third-order valence-electron chi connectivity index (χ3n) is 7.69. The van der Waals surface area contributed by atoms with E-state index in [4.69, 9.17) is 20.6 Å². The van der Waals surface area contributed by atoms with Crippen molar-refractivity contribution in [1.82, 2.24) is 4.90 Å². The normalized spacial score (nSPS) is 34.6. The Balaban J connectivity index is 1.72. The van der Waals surface area contributed by atoms with Crippen LogP contribution in [0.5, 0.6) is 0 Å². The average Bonchev–Trinajstić information content (AvgIpc) is 3.30. The van der Waals surface area contributed by atoms with Gasteiger partial charge in [-0.3, -0.25) is 15.1 Å². The van der Waals surface area contributed by atoms with Gasteiger partial charge in [-0.15, -0.1) is 0 Å². The molecule has 0 bridgehead atoms. The maximum absolute atomic E-state index is 14.3. The molecule has 1 spiro atoms. The fourth-order valence-corrected chi connectivity index (χ4v) is 6.65. The number of carbonyl (C=O) groups is 1. The van der Waals surface area contributed by atoms with Crippen LogP contribution in [0.2, 0.25) is 0 Å². The first-order chi connectivity index (χ1) is 14.8. The number of hydrogen-bond acceptors (Lipinski definition) is 4. The standard InChI is InChI=1S/C24H34FN3O3/c1-14-9-24(10-15(2)21(14)30-3)11-17-4-5-18(25)8-19(17)20(24)22(29)28(23(26)27)12-16-6-7-31-13-16/h4-5,8,14-16,20-21H,6-7,9-13H2,1-3H3,(H3,26,27)/t14-,15+,16?,20-,21?,24?/m0/s1. The highest BCUT2D eigenvalue weighted by molar-refractivity contribution is 5.99. The number of guanidine groups is 1. The fraction of sp³-hybridized carbons (Fsp3) is 0.667. The van der Waals surface area contributed by atoms with E-state index < -0.39 is 5.92 Å². The highest BCUT2D eigenvalue weighted by atomic mass is 19.1.